The quantitative estimate of drug-likeness (QED) is 0.211. The van der Waals surface area contributed by atoms with E-state index < -0.39 is 0 Å². The summed E-state index contributed by atoms with van der Waals surface area (Å²) in [6.45, 7) is 5.39. The number of rotatable bonds is 17. The van der Waals surface area contributed by atoms with E-state index in [2.05, 4.69) is 56.4 Å². The summed E-state index contributed by atoms with van der Waals surface area (Å²) in [5.41, 5.74) is 3.61. The molecule has 0 spiro atoms. The molecule has 2 aromatic rings. The molecule has 1 aromatic carbocycles. The Bertz CT molecular complexity index is 774. The highest BCUT2D eigenvalue weighted by Gasteiger charge is 2.20. The molecule has 194 valence electrons. The van der Waals surface area contributed by atoms with Crippen LogP contribution in [0.2, 0.25) is 0 Å². The second-order valence-corrected chi connectivity index (χ2v) is 11.0. The van der Waals surface area contributed by atoms with Crippen molar-refractivity contribution in [1.29, 1.82) is 0 Å². The zero-order chi connectivity index (χ0) is 24.6. The molecule has 1 aliphatic carbocycles. The minimum Gasteiger partial charge on any atom is -0.494 e. The van der Waals surface area contributed by atoms with Crippen LogP contribution in [-0.2, 0) is 6.42 Å². The van der Waals surface area contributed by atoms with Gasteiger partial charge < -0.3 is 4.74 Å². The average molecular weight is 478 g/mol. The van der Waals surface area contributed by atoms with Gasteiger partial charge in [-0.1, -0.05) is 110 Å². The summed E-state index contributed by atoms with van der Waals surface area (Å²) in [4.78, 5) is 4.77. The highest BCUT2D eigenvalue weighted by atomic mass is 16.5. The van der Waals surface area contributed by atoms with Crippen LogP contribution < -0.4 is 4.74 Å². The van der Waals surface area contributed by atoms with Crippen LogP contribution in [0, 0.1) is 11.8 Å². The van der Waals surface area contributed by atoms with Gasteiger partial charge in [-0.2, -0.15) is 0 Å². The summed E-state index contributed by atoms with van der Waals surface area (Å²) < 4.78 is 5.93. The number of pyridine rings is 1. The largest absolute Gasteiger partial charge is 0.494 e. The van der Waals surface area contributed by atoms with Crippen LogP contribution in [0.3, 0.4) is 0 Å². The van der Waals surface area contributed by atoms with Crippen molar-refractivity contribution >= 4 is 0 Å². The maximum absolute atomic E-state index is 5.93. The summed E-state index contributed by atoms with van der Waals surface area (Å²) in [5.74, 6) is 2.90. The predicted molar refractivity (Wildman–Crippen MR) is 151 cm³/mol. The minimum absolute atomic E-state index is 0.818. The van der Waals surface area contributed by atoms with Crippen molar-refractivity contribution in [3.8, 4) is 17.0 Å². The third-order valence-electron chi connectivity index (χ3n) is 8.01. The Hall–Kier alpha value is -1.83. The Balaban J connectivity index is 1.32. The second kappa shape index (κ2) is 16.8. The van der Waals surface area contributed by atoms with E-state index in [1.54, 1.807) is 0 Å². The van der Waals surface area contributed by atoms with E-state index in [-0.39, 0.29) is 0 Å². The van der Waals surface area contributed by atoms with Crippen LogP contribution in [0.15, 0.2) is 42.6 Å². The smallest absolute Gasteiger partial charge is 0.119 e. The molecule has 0 aliphatic heterocycles. The van der Waals surface area contributed by atoms with Crippen LogP contribution in [0.4, 0.5) is 0 Å². The molecule has 0 unspecified atom stereocenters. The Labute approximate surface area is 216 Å². The Morgan fingerprint density at radius 2 is 1.31 bits per heavy atom. The number of hydrogen-bond donors (Lipinski definition) is 0. The SMILES string of the molecule is CCCCCCCCOc1ccc(-c2ccc(CC[C@H]3CC[C@H](CCCCCC)CC3)cn2)cc1. The van der Waals surface area contributed by atoms with Crippen molar-refractivity contribution in [3.05, 3.63) is 48.2 Å². The Kier molecular flexibility index (Phi) is 13.3. The predicted octanol–water partition coefficient (Wildman–Crippen LogP) is 10.2. The number of hydrogen-bond acceptors (Lipinski definition) is 2. The number of ether oxygens (including phenoxy) is 1. The lowest BCUT2D eigenvalue weighted by molar-refractivity contribution is 0.249. The van der Waals surface area contributed by atoms with E-state index >= 15 is 0 Å². The van der Waals surface area contributed by atoms with Crippen LogP contribution >= 0.6 is 0 Å². The van der Waals surface area contributed by atoms with Crippen LogP contribution in [0.25, 0.3) is 11.3 Å². The lowest BCUT2D eigenvalue weighted by atomic mass is 9.78. The van der Waals surface area contributed by atoms with Gasteiger partial charge in [-0.05, 0) is 67.0 Å². The monoisotopic (exact) mass is 477 g/mol. The minimum atomic E-state index is 0.818. The fourth-order valence-electron chi connectivity index (χ4n) is 5.58. The maximum Gasteiger partial charge on any atom is 0.119 e. The zero-order valence-electron chi connectivity index (χ0n) is 22.8. The van der Waals surface area contributed by atoms with Crippen molar-refractivity contribution < 1.29 is 4.74 Å². The van der Waals surface area contributed by atoms with Gasteiger partial charge in [0.05, 0.1) is 12.3 Å². The van der Waals surface area contributed by atoms with E-state index in [0.29, 0.717) is 0 Å². The molecule has 0 radical (unpaired) electrons. The van der Waals surface area contributed by atoms with Crippen molar-refractivity contribution in [2.24, 2.45) is 11.8 Å². The lowest BCUT2D eigenvalue weighted by Crippen LogP contribution is -2.15. The molecular formula is C33H51NO. The van der Waals surface area contributed by atoms with Gasteiger partial charge in [-0.3, -0.25) is 4.98 Å². The van der Waals surface area contributed by atoms with Gasteiger partial charge >= 0.3 is 0 Å². The number of unbranched alkanes of at least 4 members (excludes halogenated alkanes) is 8. The van der Waals surface area contributed by atoms with Gasteiger partial charge in [0.15, 0.2) is 0 Å². The zero-order valence-corrected chi connectivity index (χ0v) is 22.8. The molecule has 1 aliphatic rings. The normalized spacial score (nSPS) is 18.0. The topological polar surface area (TPSA) is 22.1 Å². The number of nitrogens with zero attached hydrogens (tertiary/aromatic N) is 1. The van der Waals surface area contributed by atoms with Crippen LogP contribution in [0.5, 0.6) is 5.75 Å². The molecule has 0 bridgehead atoms. The first kappa shape index (κ1) is 27.8. The summed E-state index contributed by atoms with van der Waals surface area (Å²) in [6, 6.07) is 12.9. The molecule has 0 saturated heterocycles. The maximum atomic E-state index is 5.93. The second-order valence-electron chi connectivity index (χ2n) is 11.0. The molecule has 1 aromatic heterocycles. The molecule has 35 heavy (non-hydrogen) atoms. The number of benzene rings is 1. The highest BCUT2D eigenvalue weighted by Crippen LogP contribution is 2.34. The van der Waals surface area contributed by atoms with Gasteiger partial charge in [0.1, 0.15) is 5.75 Å². The first-order valence-corrected chi connectivity index (χ1v) is 15.0. The number of aryl methyl sites for hydroxylation is 1. The summed E-state index contributed by atoms with van der Waals surface area (Å²) >= 11 is 0. The molecule has 1 saturated carbocycles. The summed E-state index contributed by atoms with van der Waals surface area (Å²) in [7, 11) is 0. The first-order valence-electron chi connectivity index (χ1n) is 15.0. The Morgan fingerprint density at radius 3 is 1.97 bits per heavy atom. The van der Waals surface area contributed by atoms with Crippen molar-refractivity contribution in [2.75, 3.05) is 6.61 Å². The van der Waals surface area contributed by atoms with Crippen molar-refractivity contribution in [3.63, 3.8) is 0 Å². The van der Waals surface area contributed by atoms with Gasteiger partial charge in [-0.15, -0.1) is 0 Å². The molecule has 2 nitrogen and oxygen atoms in total. The molecule has 2 heteroatoms. The average Bonchev–Trinajstić information content (AvgIpc) is 2.91. The van der Waals surface area contributed by atoms with E-state index in [1.165, 1.54) is 114 Å². The molecular weight excluding hydrogens is 426 g/mol. The van der Waals surface area contributed by atoms with E-state index in [4.69, 9.17) is 9.72 Å². The van der Waals surface area contributed by atoms with Gasteiger partial charge in [0.25, 0.3) is 0 Å². The summed E-state index contributed by atoms with van der Waals surface area (Å²) in [5, 5.41) is 0. The standard InChI is InChI=1S/C33H51NO/c1-3-5-7-9-10-12-26-35-32-23-21-31(22-24-32)33-25-20-30(27-34-33)19-18-29-16-14-28(15-17-29)13-11-8-6-4-2/h20-25,27-29H,3-19,26H2,1-2H3/t28-,29-. The van der Waals surface area contributed by atoms with Crippen molar-refractivity contribution in [1.82, 2.24) is 4.98 Å². The van der Waals surface area contributed by atoms with Crippen molar-refractivity contribution in [2.45, 2.75) is 123 Å². The van der Waals surface area contributed by atoms with E-state index in [1.807, 2.05) is 0 Å². The molecule has 1 fully saturated rings. The summed E-state index contributed by atoms with van der Waals surface area (Å²) in [6.07, 6.45) is 25.3. The highest BCUT2D eigenvalue weighted by molar-refractivity contribution is 5.60. The van der Waals surface area contributed by atoms with Gasteiger partial charge in [-0.25, -0.2) is 0 Å². The molecule has 3 rings (SSSR count). The van der Waals surface area contributed by atoms with Gasteiger partial charge in [0, 0.05) is 11.8 Å². The van der Waals surface area contributed by atoms with E-state index in [9.17, 15) is 0 Å². The van der Waals surface area contributed by atoms with Crippen LogP contribution in [-0.4, -0.2) is 11.6 Å². The molecule has 0 amide bonds. The Morgan fingerprint density at radius 1 is 0.686 bits per heavy atom. The molecule has 0 atom stereocenters. The molecule has 0 N–H and O–H groups in total. The third-order valence-corrected chi connectivity index (χ3v) is 8.01. The molecule has 1 heterocycles. The fourth-order valence-corrected chi connectivity index (χ4v) is 5.58. The fraction of sp³-hybridized carbons (Fsp3) is 0.667. The van der Waals surface area contributed by atoms with Gasteiger partial charge in [0.2, 0.25) is 0 Å². The van der Waals surface area contributed by atoms with E-state index in [0.717, 1.165) is 36.3 Å². The number of aromatic nitrogens is 1. The lowest BCUT2D eigenvalue weighted by Gasteiger charge is -2.28. The van der Waals surface area contributed by atoms with Crippen LogP contribution in [0.1, 0.15) is 122 Å². The third kappa shape index (κ3) is 10.8. The first-order chi connectivity index (χ1) is 17.3.